The van der Waals surface area contributed by atoms with Crippen LogP contribution in [0.4, 0.5) is 0 Å². The standard InChI is InChI=1S/C24H36NO4/c1-23(2)19-11-13-24(23,3)20(15-19)29-21(26)12-14-25(4,5)16-22(27)28-17-18-9-7-6-8-10-18/h6-10,19-20H,11-17H2,1-5H3/q+1/t19-,20+,24-/m1/s1. The van der Waals surface area contributed by atoms with Crippen LogP contribution in [0.3, 0.4) is 0 Å². The number of rotatable bonds is 8. The molecule has 0 radical (unpaired) electrons. The van der Waals surface area contributed by atoms with E-state index in [4.69, 9.17) is 9.47 Å². The van der Waals surface area contributed by atoms with Gasteiger partial charge in [-0.3, -0.25) is 4.79 Å². The summed E-state index contributed by atoms with van der Waals surface area (Å²) in [5, 5.41) is 0. The van der Waals surface area contributed by atoms with Crippen LogP contribution in [-0.4, -0.2) is 49.7 Å². The van der Waals surface area contributed by atoms with Crippen molar-refractivity contribution >= 4 is 11.9 Å². The fourth-order valence-corrected chi connectivity index (χ4v) is 5.13. The van der Waals surface area contributed by atoms with E-state index in [1.54, 1.807) is 0 Å². The zero-order valence-electron chi connectivity index (χ0n) is 18.6. The summed E-state index contributed by atoms with van der Waals surface area (Å²) in [6, 6.07) is 9.64. The molecule has 2 bridgehead atoms. The Balaban J connectivity index is 1.43. The Morgan fingerprint density at radius 2 is 1.79 bits per heavy atom. The highest BCUT2D eigenvalue weighted by molar-refractivity contribution is 5.71. The van der Waals surface area contributed by atoms with Gasteiger partial charge in [-0.25, -0.2) is 4.79 Å². The Labute approximate surface area is 175 Å². The maximum atomic E-state index is 12.5. The monoisotopic (exact) mass is 402 g/mol. The molecule has 160 valence electrons. The van der Waals surface area contributed by atoms with Crippen LogP contribution < -0.4 is 0 Å². The molecular formula is C24H36NO4+. The Bertz CT molecular complexity index is 743. The van der Waals surface area contributed by atoms with Crippen LogP contribution in [0.15, 0.2) is 30.3 Å². The number of esters is 2. The molecule has 0 N–H and O–H groups in total. The van der Waals surface area contributed by atoms with Crippen LogP contribution in [0, 0.1) is 16.7 Å². The molecule has 5 nitrogen and oxygen atoms in total. The molecular weight excluding hydrogens is 366 g/mol. The van der Waals surface area contributed by atoms with Gasteiger partial charge >= 0.3 is 11.9 Å². The molecule has 0 heterocycles. The van der Waals surface area contributed by atoms with Gasteiger partial charge in [-0.1, -0.05) is 51.1 Å². The fraction of sp³-hybridized carbons (Fsp3) is 0.667. The zero-order chi connectivity index (χ0) is 21.3. The first-order valence-corrected chi connectivity index (χ1v) is 10.7. The number of nitrogens with zero attached hydrogens (tertiary/aromatic N) is 1. The van der Waals surface area contributed by atoms with Crippen molar-refractivity contribution in [2.75, 3.05) is 27.2 Å². The van der Waals surface area contributed by atoms with E-state index < -0.39 is 0 Å². The van der Waals surface area contributed by atoms with Gasteiger partial charge < -0.3 is 14.0 Å². The Morgan fingerprint density at radius 3 is 2.38 bits per heavy atom. The third-order valence-electron chi connectivity index (χ3n) is 7.71. The van der Waals surface area contributed by atoms with Gasteiger partial charge in [0.25, 0.3) is 0 Å². The Kier molecular flexibility index (Phi) is 6.09. The second-order valence-corrected chi connectivity index (χ2v) is 10.3. The number of likely N-dealkylation sites (N-methyl/N-ethyl adjacent to an activating group) is 1. The minimum Gasteiger partial charge on any atom is -0.462 e. The second kappa shape index (κ2) is 8.10. The van der Waals surface area contributed by atoms with Gasteiger partial charge in [-0.2, -0.15) is 0 Å². The van der Waals surface area contributed by atoms with Gasteiger partial charge in [0.2, 0.25) is 0 Å². The molecule has 2 aliphatic rings. The first kappa shape index (κ1) is 21.8. The first-order valence-electron chi connectivity index (χ1n) is 10.7. The van der Waals surface area contributed by atoms with Gasteiger partial charge in [0.15, 0.2) is 6.54 Å². The van der Waals surface area contributed by atoms with Gasteiger partial charge in [-0.05, 0) is 36.2 Å². The minimum absolute atomic E-state index is 0.0233. The van der Waals surface area contributed by atoms with Gasteiger partial charge in [0, 0.05) is 5.41 Å². The molecule has 0 spiro atoms. The van der Waals surface area contributed by atoms with Crippen molar-refractivity contribution < 1.29 is 23.5 Å². The second-order valence-electron chi connectivity index (χ2n) is 10.3. The fourth-order valence-electron chi connectivity index (χ4n) is 5.13. The molecule has 2 saturated carbocycles. The number of carbonyl (C=O) groups excluding carboxylic acids is 2. The van der Waals surface area contributed by atoms with Crippen molar-refractivity contribution in [1.82, 2.24) is 0 Å². The smallest absolute Gasteiger partial charge is 0.362 e. The Hall–Kier alpha value is -1.88. The molecule has 2 aliphatic carbocycles. The SMILES string of the molecule is CC1(C)[C@@H]2CC[C@]1(C)[C@@H](OC(=O)CC[N+](C)(C)CC(=O)OCc1ccccc1)C2. The number of ether oxygens (including phenoxy) is 2. The van der Waals surface area contributed by atoms with Crippen LogP contribution in [0.5, 0.6) is 0 Å². The van der Waals surface area contributed by atoms with Gasteiger partial charge in [-0.15, -0.1) is 0 Å². The number of carbonyl (C=O) groups is 2. The summed E-state index contributed by atoms with van der Waals surface area (Å²) in [6.45, 7) is 7.98. The molecule has 1 aromatic carbocycles. The molecule has 0 saturated heterocycles. The molecule has 2 fully saturated rings. The number of quaternary nitrogens is 1. The lowest BCUT2D eigenvalue weighted by Crippen LogP contribution is -2.46. The van der Waals surface area contributed by atoms with Crippen LogP contribution in [-0.2, 0) is 25.7 Å². The number of fused-ring (bicyclic) bond motifs is 2. The molecule has 1 aromatic rings. The van der Waals surface area contributed by atoms with E-state index in [1.807, 2.05) is 44.4 Å². The van der Waals surface area contributed by atoms with Crippen LogP contribution in [0.2, 0.25) is 0 Å². The predicted octanol–water partition coefficient (Wildman–Crippen LogP) is 3.95. The zero-order valence-corrected chi connectivity index (χ0v) is 18.6. The van der Waals surface area contributed by atoms with Crippen molar-refractivity contribution in [2.24, 2.45) is 16.7 Å². The molecule has 0 aromatic heterocycles. The minimum atomic E-state index is -0.255. The van der Waals surface area contributed by atoms with E-state index in [2.05, 4.69) is 20.8 Å². The van der Waals surface area contributed by atoms with E-state index in [0.29, 0.717) is 23.4 Å². The summed E-state index contributed by atoms with van der Waals surface area (Å²) in [5.74, 6) is 0.245. The highest BCUT2D eigenvalue weighted by Gasteiger charge is 2.62. The number of hydrogen-bond donors (Lipinski definition) is 0. The van der Waals surface area contributed by atoms with Crippen molar-refractivity contribution in [2.45, 2.75) is 59.2 Å². The summed E-state index contributed by atoms with van der Waals surface area (Å²) in [6.07, 6.45) is 3.70. The summed E-state index contributed by atoms with van der Waals surface area (Å²) in [5.41, 5.74) is 1.28. The van der Waals surface area contributed by atoms with E-state index >= 15 is 0 Å². The molecule has 3 atom stereocenters. The summed E-state index contributed by atoms with van der Waals surface area (Å²) in [4.78, 5) is 24.7. The van der Waals surface area contributed by atoms with Crippen molar-refractivity contribution in [3.63, 3.8) is 0 Å². The molecule has 0 unspecified atom stereocenters. The van der Waals surface area contributed by atoms with Gasteiger partial charge in [0.05, 0.1) is 27.1 Å². The third-order valence-corrected chi connectivity index (χ3v) is 7.71. The maximum absolute atomic E-state index is 12.5. The van der Waals surface area contributed by atoms with E-state index in [1.165, 1.54) is 6.42 Å². The molecule has 3 rings (SSSR count). The normalized spacial score (nSPS) is 27.6. The lowest BCUT2D eigenvalue weighted by molar-refractivity contribution is -0.882. The lowest BCUT2D eigenvalue weighted by Gasteiger charge is -2.38. The van der Waals surface area contributed by atoms with Crippen LogP contribution in [0.25, 0.3) is 0 Å². The molecule has 0 aliphatic heterocycles. The average Bonchev–Trinajstić information content (AvgIpc) is 2.99. The summed E-state index contributed by atoms with van der Waals surface area (Å²) in [7, 11) is 3.89. The van der Waals surface area contributed by atoms with Crippen LogP contribution in [0.1, 0.15) is 52.0 Å². The van der Waals surface area contributed by atoms with E-state index in [9.17, 15) is 9.59 Å². The van der Waals surface area contributed by atoms with E-state index in [0.717, 1.165) is 18.4 Å². The van der Waals surface area contributed by atoms with E-state index in [-0.39, 0.29) is 42.0 Å². The van der Waals surface area contributed by atoms with Crippen LogP contribution >= 0.6 is 0 Å². The van der Waals surface area contributed by atoms with Crippen molar-refractivity contribution in [3.05, 3.63) is 35.9 Å². The Morgan fingerprint density at radius 1 is 1.10 bits per heavy atom. The summed E-state index contributed by atoms with van der Waals surface area (Å²) < 4.78 is 11.7. The first-order chi connectivity index (χ1) is 13.5. The van der Waals surface area contributed by atoms with Crippen molar-refractivity contribution in [1.29, 1.82) is 0 Å². The highest BCUT2D eigenvalue weighted by Crippen LogP contribution is 2.66. The molecule has 0 amide bonds. The topological polar surface area (TPSA) is 52.6 Å². The number of hydrogen-bond acceptors (Lipinski definition) is 4. The maximum Gasteiger partial charge on any atom is 0.362 e. The molecule has 5 heteroatoms. The predicted molar refractivity (Wildman–Crippen MR) is 112 cm³/mol. The lowest BCUT2D eigenvalue weighted by atomic mass is 9.70. The third kappa shape index (κ3) is 4.66. The average molecular weight is 403 g/mol. The van der Waals surface area contributed by atoms with Crippen molar-refractivity contribution in [3.8, 4) is 0 Å². The number of benzene rings is 1. The van der Waals surface area contributed by atoms with Gasteiger partial charge in [0.1, 0.15) is 12.7 Å². The largest absolute Gasteiger partial charge is 0.462 e. The molecule has 29 heavy (non-hydrogen) atoms. The highest BCUT2D eigenvalue weighted by atomic mass is 16.5. The summed E-state index contributed by atoms with van der Waals surface area (Å²) >= 11 is 0. The quantitative estimate of drug-likeness (QED) is 0.488.